The van der Waals surface area contributed by atoms with E-state index in [1.807, 2.05) is 30.3 Å². The highest BCUT2D eigenvalue weighted by Gasteiger charge is 2.16. The van der Waals surface area contributed by atoms with Gasteiger partial charge in [0.05, 0.1) is 12.8 Å². The first-order chi connectivity index (χ1) is 14.0. The highest BCUT2D eigenvalue weighted by molar-refractivity contribution is 7.98. The second-order valence-electron chi connectivity index (χ2n) is 8.07. The maximum atomic E-state index is 5.57. The van der Waals surface area contributed by atoms with Gasteiger partial charge in [-0.05, 0) is 28.7 Å². The van der Waals surface area contributed by atoms with Gasteiger partial charge >= 0.3 is 0 Å². The monoisotopic (exact) mass is 403 g/mol. The molecule has 148 valence electrons. The standard InChI is InChI=1S/C24H25N3OS/c1-24(2,3)20-13-11-18(12-14-20)17-29-23-26-25-22(19-8-5-4-6-9-19)27(23)16-21-10-7-15-28-21/h4-15H,16-17H2,1-3H3. The van der Waals surface area contributed by atoms with Crippen molar-refractivity contribution >= 4 is 11.8 Å². The molecule has 2 heterocycles. The van der Waals surface area contributed by atoms with Crippen LogP contribution in [0, 0.1) is 0 Å². The van der Waals surface area contributed by atoms with Crippen molar-refractivity contribution in [3.8, 4) is 11.4 Å². The fraction of sp³-hybridized carbons (Fsp3) is 0.250. The number of furan rings is 1. The number of rotatable bonds is 6. The fourth-order valence-electron chi connectivity index (χ4n) is 3.15. The highest BCUT2D eigenvalue weighted by Crippen LogP contribution is 2.28. The van der Waals surface area contributed by atoms with E-state index in [1.165, 1.54) is 11.1 Å². The Kier molecular flexibility index (Phi) is 5.58. The van der Waals surface area contributed by atoms with Gasteiger partial charge in [0.1, 0.15) is 5.76 Å². The van der Waals surface area contributed by atoms with Crippen LogP contribution < -0.4 is 0 Å². The summed E-state index contributed by atoms with van der Waals surface area (Å²) in [5, 5.41) is 9.84. The van der Waals surface area contributed by atoms with Crippen LogP contribution in [0.1, 0.15) is 37.7 Å². The zero-order valence-electron chi connectivity index (χ0n) is 17.0. The highest BCUT2D eigenvalue weighted by atomic mass is 32.2. The summed E-state index contributed by atoms with van der Waals surface area (Å²) in [6.07, 6.45) is 1.70. The van der Waals surface area contributed by atoms with Gasteiger partial charge < -0.3 is 4.42 Å². The predicted octanol–water partition coefficient (Wildman–Crippen LogP) is 6.18. The lowest BCUT2D eigenvalue weighted by molar-refractivity contribution is 0.485. The third-order valence-corrected chi connectivity index (χ3v) is 5.87. The van der Waals surface area contributed by atoms with E-state index < -0.39 is 0 Å². The van der Waals surface area contributed by atoms with Gasteiger partial charge in [-0.3, -0.25) is 4.57 Å². The number of benzene rings is 2. The van der Waals surface area contributed by atoms with Crippen LogP contribution in [0.25, 0.3) is 11.4 Å². The fourth-order valence-corrected chi connectivity index (χ4v) is 4.04. The van der Waals surface area contributed by atoms with E-state index in [0.717, 1.165) is 28.1 Å². The number of thioether (sulfide) groups is 1. The third kappa shape index (κ3) is 4.62. The number of aromatic nitrogens is 3. The van der Waals surface area contributed by atoms with E-state index in [4.69, 9.17) is 4.42 Å². The van der Waals surface area contributed by atoms with E-state index in [-0.39, 0.29) is 5.41 Å². The van der Waals surface area contributed by atoms with Gasteiger partial charge in [-0.25, -0.2) is 0 Å². The van der Waals surface area contributed by atoms with Gasteiger partial charge in [0.2, 0.25) is 0 Å². The van der Waals surface area contributed by atoms with Crippen molar-refractivity contribution in [2.75, 3.05) is 0 Å². The molecule has 5 heteroatoms. The number of nitrogens with zero attached hydrogens (tertiary/aromatic N) is 3. The molecule has 0 bridgehead atoms. The quantitative estimate of drug-likeness (QED) is 0.361. The lowest BCUT2D eigenvalue weighted by atomic mass is 9.87. The Morgan fingerprint density at radius 1 is 0.897 bits per heavy atom. The van der Waals surface area contributed by atoms with Crippen LogP contribution >= 0.6 is 11.8 Å². The third-order valence-electron chi connectivity index (χ3n) is 4.83. The van der Waals surface area contributed by atoms with Crippen molar-refractivity contribution in [3.05, 3.63) is 89.9 Å². The van der Waals surface area contributed by atoms with Gasteiger partial charge in [0, 0.05) is 11.3 Å². The molecule has 0 spiro atoms. The van der Waals surface area contributed by atoms with E-state index in [0.29, 0.717) is 6.54 Å². The molecule has 2 aromatic carbocycles. The number of hydrogen-bond donors (Lipinski definition) is 0. The van der Waals surface area contributed by atoms with Crippen LogP contribution in [0.15, 0.2) is 82.6 Å². The van der Waals surface area contributed by atoms with Crippen molar-refractivity contribution < 1.29 is 4.42 Å². The van der Waals surface area contributed by atoms with Crippen molar-refractivity contribution in [2.24, 2.45) is 0 Å². The molecular weight excluding hydrogens is 378 g/mol. The average Bonchev–Trinajstić information content (AvgIpc) is 3.37. The zero-order chi connectivity index (χ0) is 20.3. The maximum absolute atomic E-state index is 5.57. The molecule has 0 radical (unpaired) electrons. The molecule has 2 aromatic heterocycles. The van der Waals surface area contributed by atoms with Crippen LogP contribution in [0.5, 0.6) is 0 Å². The van der Waals surface area contributed by atoms with Crippen molar-refractivity contribution in [2.45, 2.75) is 43.6 Å². The van der Waals surface area contributed by atoms with E-state index in [2.05, 4.69) is 71.9 Å². The minimum Gasteiger partial charge on any atom is -0.467 e. The van der Waals surface area contributed by atoms with Gasteiger partial charge in [-0.1, -0.05) is 87.1 Å². The topological polar surface area (TPSA) is 43.9 Å². The molecule has 0 aliphatic carbocycles. The Labute approximate surface area is 176 Å². The summed E-state index contributed by atoms with van der Waals surface area (Å²) < 4.78 is 7.70. The van der Waals surface area contributed by atoms with Crippen LogP contribution in [-0.4, -0.2) is 14.8 Å². The number of hydrogen-bond acceptors (Lipinski definition) is 4. The Morgan fingerprint density at radius 3 is 2.31 bits per heavy atom. The molecule has 4 aromatic rings. The maximum Gasteiger partial charge on any atom is 0.192 e. The second kappa shape index (κ2) is 8.29. The first-order valence-corrected chi connectivity index (χ1v) is 10.7. The Balaban J connectivity index is 1.57. The molecule has 0 aliphatic rings. The minimum absolute atomic E-state index is 0.166. The average molecular weight is 404 g/mol. The van der Waals surface area contributed by atoms with E-state index >= 15 is 0 Å². The van der Waals surface area contributed by atoms with Crippen molar-refractivity contribution in [1.29, 1.82) is 0 Å². The molecule has 0 aliphatic heterocycles. The Bertz CT molecular complexity index is 1050. The SMILES string of the molecule is CC(C)(C)c1ccc(CSc2nnc(-c3ccccc3)n2Cc2ccco2)cc1. The van der Waals surface area contributed by atoms with Crippen LogP contribution in [0.4, 0.5) is 0 Å². The molecular formula is C24H25N3OS. The van der Waals surface area contributed by atoms with E-state index in [9.17, 15) is 0 Å². The second-order valence-corrected chi connectivity index (χ2v) is 9.02. The van der Waals surface area contributed by atoms with Gasteiger partial charge in [0.15, 0.2) is 11.0 Å². The predicted molar refractivity (Wildman–Crippen MR) is 118 cm³/mol. The molecule has 0 saturated carbocycles. The molecule has 4 nitrogen and oxygen atoms in total. The molecule has 0 unspecified atom stereocenters. The van der Waals surface area contributed by atoms with Crippen molar-refractivity contribution in [1.82, 2.24) is 14.8 Å². The first-order valence-electron chi connectivity index (χ1n) is 9.74. The smallest absolute Gasteiger partial charge is 0.192 e. The van der Waals surface area contributed by atoms with Crippen LogP contribution in [0.3, 0.4) is 0 Å². The lowest BCUT2D eigenvalue weighted by Crippen LogP contribution is -2.10. The minimum atomic E-state index is 0.166. The van der Waals surface area contributed by atoms with Crippen molar-refractivity contribution in [3.63, 3.8) is 0 Å². The molecule has 0 amide bonds. The molecule has 0 saturated heterocycles. The normalized spacial score (nSPS) is 11.7. The lowest BCUT2D eigenvalue weighted by Gasteiger charge is -2.19. The molecule has 29 heavy (non-hydrogen) atoms. The summed E-state index contributed by atoms with van der Waals surface area (Å²) >= 11 is 1.70. The Hall–Kier alpha value is -2.79. The summed E-state index contributed by atoms with van der Waals surface area (Å²) in [5.74, 6) is 2.58. The zero-order valence-corrected chi connectivity index (χ0v) is 17.8. The summed E-state index contributed by atoms with van der Waals surface area (Å²) in [6, 6.07) is 22.9. The largest absolute Gasteiger partial charge is 0.467 e. The molecule has 0 atom stereocenters. The van der Waals surface area contributed by atoms with Gasteiger partial charge in [-0.2, -0.15) is 0 Å². The van der Waals surface area contributed by atoms with Crippen LogP contribution in [-0.2, 0) is 17.7 Å². The van der Waals surface area contributed by atoms with Gasteiger partial charge in [-0.15, -0.1) is 10.2 Å². The summed E-state index contributed by atoms with van der Waals surface area (Å²) in [4.78, 5) is 0. The van der Waals surface area contributed by atoms with Crippen LogP contribution in [0.2, 0.25) is 0 Å². The van der Waals surface area contributed by atoms with Gasteiger partial charge in [0.25, 0.3) is 0 Å². The summed E-state index contributed by atoms with van der Waals surface area (Å²) in [5.41, 5.74) is 3.84. The summed E-state index contributed by atoms with van der Waals surface area (Å²) in [6.45, 7) is 7.31. The molecule has 0 fully saturated rings. The molecule has 4 rings (SSSR count). The molecule has 0 N–H and O–H groups in total. The Morgan fingerprint density at radius 2 is 1.66 bits per heavy atom. The first kappa shape index (κ1) is 19.5. The van der Waals surface area contributed by atoms with E-state index in [1.54, 1.807) is 18.0 Å². The summed E-state index contributed by atoms with van der Waals surface area (Å²) in [7, 11) is 0.